The maximum Gasteiger partial charge on any atom is 0.269 e. The Morgan fingerprint density at radius 2 is 2.28 bits per heavy atom. The predicted molar refractivity (Wildman–Crippen MR) is 67.4 cm³/mol. The van der Waals surface area contributed by atoms with Crippen molar-refractivity contribution in [1.82, 2.24) is 9.97 Å². The van der Waals surface area contributed by atoms with Crippen molar-refractivity contribution >= 4 is 11.7 Å². The van der Waals surface area contributed by atoms with Crippen LogP contribution in [0.1, 0.15) is 35.9 Å². The zero-order chi connectivity index (χ0) is 13.0. The summed E-state index contributed by atoms with van der Waals surface area (Å²) in [5.41, 5.74) is 6.14. The third kappa shape index (κ3) is 2.95. The molecule has 1 aliphatic rings. The second-order valence-electron chi connectivity index (χ2n) is 4.30. The van der Waals surface area contributed by atoms with E-state index in [9.17, 15) is 4.79 Å². The van der Waals surface area contributed by atoms with E-state index in [2.05, 4.69) is 15.3 Å². The minimum absolute atomic E-state index is 0.259. The van der Waals surface area contributed by atoms with Gasteiger partial charge in [0.15, 0.2) is 0 Å². The summed E-state index contributed by atoms with van der Waals surface area (Å²) >= 11 is 0. The summed E-state index contributed by atoms with van der Waals surface area (Å²) in [6.07, 6.45) is 4.12. The van der Waals surface area contributed by atoms with Crippen LogP contribution in [0.3, 0.4) is 0 Å². The first-order chi connectivity index (χ1) is 8.70. The van der Waals surface area contributed by atoms with E-state index in [1.54, 1.807) is 6.20 Å². The third-order valence-corrected chi connectivity index (χ3v) is 2.99. The zero-order valence-corrected chi connectivity index (χ0v) is 10.5. The molecule has 6 heteroatoms. The molecule has 1 amide bonds. The lowest BCUT2D eigenvalue weighted by molar-refractivity contribution is 0.0904. The molecule has 1 saturated heterocycles. The molecule has 0 aromatic carbocycles. The Balaban J connectivity index is 2.11. The first kappa shape index (κ1) is 12.8. The van der Waals surface area contributed by atoms with Crippen molar-refractivity contribution in [3.8, 4) is 0 Å². The van der Waals surface area contributed by atoms with Crippen LogP contribution in [-0.2, 0) is 11.2 Å². The lowest BCUT2D eigenvalue weighted by Crippen LogP contribution is -2.28. The van der Waals surface area contributed by atoms with E-state index in [0.717, 1.165) is 26.1 Å². The number of hydrogen-bond acceptors (Lipinski definition) is 5. The van der Waals surface area contributed by atoms with Gasteiger partial charge in [-0.2, -0.15) is 0 Å². The van der Waals surface area contributed by atoms with Gasteiger partial charge < -0.3 is 15.8 Å². The maximum atomic E-state index is 11.2. The molecule has 0 bridgehead atoms. The fourth-order valence-corrected chi connectivity index (χ4v) is 2.00. The van der Waals surface area contributed by atoms with Gasteiger partial charge >= 0.3 is 0 Å². The van der Waals surface area contributed by atoms with Gasteiger partial charge in [0.2, 0.25) is 0 Å². The Morgan fingerprint density at radius 1 is 1.56 bits per heavy atom. The molecule has 0 spiro atoms. The monoisotopic (exact) mass is 250 g/mol. The van der Waals surface area contributed by atoms with Crippen molar-refractivity contribution in [3.05, 3.63) is 17.6 Å². The lowest BCUT2D eigenvalue weighted by Gasteiger charge is -2.23. The molecule has 6 nitrogen and oxygen atoms in total. The van der Waals surface area contributed by atoms with E-state index >= 15 is 0 Å². The molecule has 18 heavy (non-hydrogen) atoms. The van der Waals surface area contributed by atoms with E-state index in [4.69, 9.17) is 10.5 Å². The molecule has 1 aliphatic heterocycles. The van der Waals surface area contributed by atoms with Crippen molar-refractivity contribution in [2.75, 3.05) is 18.5 Å². The highest BCUT2D eigenvalue weighted by atomic mass is 16.5. The number of carbonyl (C=O) groups is 1. The number of nitrogens with zero attached hydrogens (tertiary/aromatic N) is 2. The van der Waals surface area contributed by atoms with Crippen LogP contribution in [0, 0.1) is 0 Å². The quantitative estimate of drug-likeness (QED) is 0.822. The number of anilines is 1. The molecule has 0 saturated carbocycles. The lowest BCUT2D eigenvalue weighted by atomic mass is 10.1. The molecule has 2 heterocycles. The second kappa shape index (κ2) is 5.77. The zero-order valence-electron chi connectivity index (χ0n) is 10.5. The molecule has 0 atom stereocenters. The number of carbonyl (C=O) groups excluding carboxylic acids is 1. The van der Waals surface area contributed by atoms with Crippen LogP contribution in [0.5, 0.6) is 0 Å². The molecule has 98 valence electrons. The van der Waals surface area contributed by atoms with Crippen LogP contribution in [0.2, 0.25) is 0 Å². The van der Waals surface area contributed by atoms with Crippen LogP contribution in [0.15, 0.2) is 6.20 Å². The number of primary amides is 1. The minimum atomic E-state index is -0.531. The van der Waals surface area contributed by atoms with Gasteiger partial charge in [-0.05, 0) is 19.3 Å². The fourth-order valence-electron chi connectivity index (χ4n) is 2.00. The van der Waals surface area contributed by atoms with E-state index in [1.165, 1.54) is 0 Å². The molecule has 3 N–H and O–H groups in total. The van der Waals surface area contributed by atoms with Crippen molar-refractivity contribution in [2.24, 2.45) is 5.73 Å². The summed E-state index contributed by atoms with van der Waals surface area (Å²) in [6.45, 7) is 3.46. The fraction of sp³-hybridized carbons (Fsp3) is 0.583. The number of nitrogens with one attached hydrogen (secondary N) is 1. The van der Waals surface area contributed by atoms with Gasteiger partial charge in [-0.15, -0.1) is 0 Å². The molecular formula is C12H18N4O2. The summed E-state index contributed by atoms with van der Waals surface area (Å²) in [7, 11) is 0. The van der Waals surface area contributed by atoms with E-state index in [1.807, 2.05) is 6.92 Å². The molecule has 1 aromatic rings. The molecule has 0 radical (unpaired) electrons. The van der Waals surface area contributed by atoms with Gasteiger partial charge in [0, 0.05) is 19.3 Å². The van der Waals surface area contributed by atoms with Gasteiger partial charge in [0.25, 0.3) is 5.91 Å². The number of nitrogens with two attached hydrogens (primary N) is 1. The van der Waals surface area contributed by atoms with Crippen molar-refractivity contribution in [2.45, 2.75) is 32.2 Å². The molecule has 0 unspecified atom stereocenters. The normalized spacial score (nSPS) is 16.5. The Morgan fingerprint density at radius 3 is 2.89 bits per heavy atom. The molecular weight excluding hydrogens is 232 g/mol. The standard InChI is InChI=1S/C12H18N4O2/c1-2-9-11(12(13)17)14-7-10(16-9)15-8-3-5-18-6-4-8/h7-8H,2-6H2,1H3,(H2,13,17)(H,15,16). The molecule has 1 fully saturated rings. The number of aromatic nitrogens is 2. The van der Waals surface area contributed by atoms with Gasteiger partial charge in [-0.1, -0.05) is 6.92 Å². The topological polar surface area (TPSA) is 90.1 Å². The van der Waals surface area contributed by atoms with Crippen LogP contribution >= 0.6 is 0 Å². The number of ether oxygens (including phenoxy) is 1. The first-order valence-corrected chi connectivity index (χ1v) is 6.20. The van der Waals surface area contributed by atoms with Crippen LogP contribution in [0.4, 0.5) is 5.82 Å². The average molecular weight is 250 g/mol. The molecule has 1 aromatic heterocycles. The average Bonchev–Trinajstić information content (AvgIpc) is 2.39. The third-order valence-electron chi connectivity index (χ3n) is 2.99. The number of amides is 1. The van der Waals surface area contributed by atoms with E-state index < -0.39 is 5.91 Å². The summed E-state index contributed by atoms with van der Waals surface area (Å²) in [5.74, 6) is 0.167. The minimum Gasteiger partial charge on any atom is -0.381 e. The van der Waals surface area contributed by atoms with Crippen molar-refractivity contribution in [1.29, 1.82) is 0 Å². The predicted octanol–water partition coefficient (Wildman–Crippen LogP) is 0.729. The Labute approximate surface area is 106 Å². The summed E-state index contributed by atoms with van der Waals surface area (Å²) in [6, 6.07) is 0.359. The van der Waals surface area contributed by atoms with Gasteiger partial charge in [0.05, 0.1) is 11.9 Å². The van der Waals surface area contributed by atoms with Gasteiger partial charge in [-0.3, -0.25) is 4.79 Å². The molecule has 0 aliphatic carbocycles. The van der Waals surface area contributed by atoms with Gasteiger partial charge in [0.1, 0.15) is 11.5 Å². The smallest absolute Gasteiger partial charge is 0.269 e. The largest absolute Gasteiger partial charge is 0.381 e. The number of aryl methyl sites for hydroxylation is 1. The highest BCUT2D eigenvalue weighted by molar-refractivity contribution is 5.91. The summed E-state index contributed by atoms with van der Waals surface area (Å²) < 4.78 is 5.30. The van der Waals surface area contributed by atoms with Crippen LogP contribution < -0.4 is 11.1 Å². The first-order valence-electron chi connectivity index (χ1n) is 6.20. The molecule has 2 rings (SSSR count). The summed E-state index contributed by atoms with van der Waals surface area (Å²) in [5, 5.41) is 3.32. The highest BCUT2D eigenvalue weighted by Crippen LogP contribution is 2.14. The van der Waals surface area contributed by atoms with Crippen molar-refractivity contribution in [3.63, 3.8) is 0 Å². The Hall–Kier alpha value is -1.69. The Kier molecular flexibility index (Phi) is 4.09. The number of rotatable bonds is 4. The maximum absolute atomic E-state index is 11.2. The SMILES string of the molecule is CCc1nc(NC2CCOCC2)cnc1C(N)=O. The second-order valence-corrected chi connectivity index (χ2v) is 4.30. The van der Waals surface area contributed by atoms with Gasteiger partial charge in [-0.25, -0.2) is 9.97 Å². The number of hydrogen-bond donors (Lipinski definition) is 2. The highest BCUT2D eigenvalue weighted by Gasteiger charge is 2.16. The van der Waals surface area contributed by atoms with Crippen LogP contribution in [0.25, 0.3) is 0 Å². The van der Waals surface area contributed by atoms with E-state index in [-0.39, 0.29) is 5.69 Å². The van der Waals surface area contributed by atoms with E-state index in [0.29, 0.717) is 24.0 Å². The van der Waals surface area contributed by atoms with Crippen molar-refractivity contribution < 1.29 is 9.53 Å². The Bertz CT molecular complexity index is 430. The summed E-state index contributed by atoms with van der Waals surface area (Å²) in [4.78, 5) is 19.6. The van der Waals surface area contributed by atoms with Crippen LogP contribution in [-0.4, -0.2) is 35.1 Å².